The molecule has 1 aromatic carbocycles. The lowest BCUT2D eigenvalue weighted by atomic mass is 9.80. The quantitative estimate of drug-likeness (QED) is 0.626. The van der Waals surface area contributed by atoms with Gasteiger partial charge in [0, 0.05) is 30.3 Å². The molecule has 1 aliphatic heterocycles. The van der Waals surface area contributed by atoms with Crippen molar-refractivity contribution in [3.05, 3.63) is 35.4 Å². The first-order valence-electron chi connectivity index (χ1n) is 7.51. The van der Waals surface area contributed by atoms with Crippen LogP contribution in [0.4, 0.5) is 5.69 Å². The van der Waals surface area contributed by atoms with Crippen LogP contribution in [0, 0.1) is 0 Å². The highest BCUT2D eigenvalue weighted by Crippen LogP contribution is 2.44. The van der Waals surface area contributed by atoms with Crippen molar-refractivity contribution in [2.45, 2.75) is 46.1 Å². The Morgan fingerprint density at radius 2 is 2.10 bits per heavy atom. The monoisotopic (exact) mass is 287 g/mol. The topological polar surface area (TPSA) is 29.5 Å². The lowest BCUT2D eigenvalue weighted by Crippen LogP contribution is -2.36. The minimum atomic E-state index is -0.278. The summed E-state index contributed by atoms with van der Waals surface area (Å²) in [4.78, 5) is 13.9. The Morgan fingerprint density at radius 3 is 2.71 bits per heavy atom. The Kier molecular flexibility index (Phi) is 4.13. The number of benzene rings is 1. The van der Waals surface area contributed by atoms with E-state index in [-0.39, 0.29) is 11.4 Å². The molecule has 1 atom stereocenters. The fraction of sp³-hybridized carbons (Fsp3) is 0.500. The third-order valence-electron chi connectivity index (χ3n) is 4.77. The smallest absolute Gasteiger partial charge is 0.331 e. The molecule has 0 radical (unpaired) electrons. The molecular formula is C18H25NO2. The van der Waals surface area contributed by atoms with Gasteiger partial charge in [0.25, 0.3) is 0 Å². The molecule has 0 aromatic heterocycles. The first-order valence-corrected chi connectivity index (χ1v) is 7.51. The van der Waals surface area contributed by atoms with E-state index in [0.29, 0.717) is 12.6 Å². The zero-order valence-corrected chi connectivity index (χ0v) is 13.9. The molecule has 0 spiro atoms. The van der Waals surface area contributed by atoms with E-state index < -0.39 is 0 Å². The predicted molar refractivity (Wildman–Crippen MR) is 87.6 cm³/mol. The van der Waals surface area contributed by atoms with E-state index in [4.69, 9.17) is 4.74 Å². The van der Waals surface area contributed by atoms with E-state index in [2.05, 4.69) is 50.9 Å². The molecule has 3 nitrogen and oxygen atoms in total. The predicted octanol–water partition coefficient (Wildman–Crippen LogP) is 3.77. The Balaban J connectivity index is 2.39. The Hall–Kier alpha value is -1.77. The summed E-state index contributed by atoms with van der Waals surface area (Å²) >= 11 is 0. The number of fused-ring (bicyclic) bond motifs is 1. The SMILES string of the molecule is CCOC(=O)C=C(C)c1ccc2c(c1)C(C)(C)C(C)N2C. The summed E-state index contributed by atoms with van der Waals surface area (Å²) in [6.07, 6.45) is 1.57. The Labute approximate surface area is 127 Å². The van der Waals surface area contributed by atoms with Crippen LogP contribution in [0.1, 0.15) is 45.7 Å². The molecule has 21 heavy (non-hydrogen) atoms. The van der Waals surface area contributed by atoms with Crippen molar-refractivity contribution in [1.29, 1.82) is 0 Å². The van der Waals surface area contributed by atoms with Crippen molar-refractivity contribution < 1.29 is 9.53 Å². The zero-order chi connectivity index (χ0) is 15.8. The molecule has 0 N–H and O–H groups in total. The second kappa shape index (κ2) is 5.55. The molecule has 0 amide bonds. The summed E-state index contributed by atoms with van der Waals surface area (Å²) in [5.74, 6) is -0.278. The molecule has 1 heterocycles. The van der Waals surface area contributed by atoms with Gasteiger partial charge in [-0.1, -0.05) is 19.9 Å². The molecular weight excluding hydrogens is 262 g/mol. The Morgan fingerprint density at radius 1 is 1.43 bits per heavy atom. The summed E-state index contributed by atoms with van der Waals surface area (Å²) < 4.78 is 4.98. The molecule has 0 saturated heterocycles. The minimum absolute atomic E-state index is 0.101. The number of anilines is 1. The highest BCUT2D eigenvalue weighted by atomic mass is 16.5. The summed E-state index contributed by atoms with van der Waals surface area (Å²) in [7, 11) is 2.14. The van der Waals surface area contributed by atoms with Crippen LogP contribution in [0.5, 0.6) is 0 Å². The molecule has 2 rings (SSSR count). The number of likely N-dealkylation sites (N-methyl/N-ethyl adjacent to an activating group) is 1. The highest BCUT2D eigenvalue weighted by Gasteiger charge is 2.40. The van der Waals surface area contributed by atoms with Gasteiger partial charge in [-0.25, -0.2) is 4.79 Å². The second-order valence-corrected chi connectivity index (χ2v) is 6.32. The maximum absolute atomic E-state index is 11.6. The Bertz CT molecular complexity index is 587. The summed E-state index contributed by atoms with van der Waals surface area (Å²) in [6, 6.07) is 6.89. The standard InChI is InChI=1S/C18H25NO2/c1-7-21-17(20)10-12(2)14-8-9-16-15(11-14)18(4,5)13(3)19(16)6/h8-11,13H,7H2,1-6H3. The van der Waals surface area contributed by atoms with Crippen LogP contribution in [0.25, 0.3) is 5.57 Å². The van der Waals surface area contributed by atoms with Crippen molar-refractivity contribution >= 4 is 17.2 Å². The molecule has 114 valence electrons. The van der Waals surface area contributed by atoms with E-state index in [1.807, 2.05) is 13.8 Å². The molecule has 1 unspecified atom stereocenters. The van der Waals surface area contributed by atoms with Crippen molar-refractivity contribution in [2.75, 3.05) is 18.6 Å². The van der Waals surface area contributed by atoms with Crippen LogP contribution in [0.3, 0.4) is 0 Å². The van der Waals surface area contributed by atoms with Gasteiger partial charge in [0.05, 0.1) is 6.61 Å². The van der Waals surface area contributed by atoms with E-state index in [0.717, 1.165) is 11.1 Å². The van der Waals surface area contributed by atoms with Crippen molar-refractivity contribution in [3.8, 4) is 0 Å². The van der Waals surface area contributed by atoms with Crippen molar-refractivity contribution in [2.24, 2.45) is 0 Å². The van der Waals surface area contributed by atoms with E-state index in [1.54, 1.807) is 6.08 Å². The fourth-order valence-corrected chi connectivity index (χ4v) is 2.97. The van der Waals surface area contributed by atoms with Crippen LogP contribution in [-0.4, -0.2) is 25.7 Å². The van der Waals surface area contributed by atoms with Crippen LogP contribution >= 0.6 is 0 Å². The minimum Gasteiger partial charge on any atom is -0.463 e. The first-order chi connectivity index (χ1) is 9.78. The fourth-order valence-electron chi connectivity index (χ4n) is 2.97. The normalized spacial score (nSPS) is 20.4. The average Bonchev–Trinajstić information content (AvgIpc) is 2.60. The molecule has 1 aliphatic rings. The van der Waals surface area contributed by atoms with E-state index in [9.17, 15) is 4.79 Å². The summed E-state index contributed by atoms with van der Waals surface area (Å²) in [6.45, 7) is 11.0. The van der Waals surface area contributed by atoms with Gasteiger partial charge in [-0.05, 0) is 49.6 Å². The second-order valence-electron chi connectivity index (χ2n) is 6.32. The number of ether oxygens (including phenoxy) is 1. The van der Waals surface area contributed by atoms with Crippen LogP contribution in [-0.2, 0) is 14.9 Å². The lowest BCUT2D eigenvalue weighted by Gasteiger charge is -2.28. The van der Waals surface area contributed by atoms with Crippen LogP contribution in [0.2, 0.25) is 0 Å². The first kappa shape index (κ1) is 15.6. The van der Waals surface area contributed by atoms with Gasteiger partial charge in [-0.15, -0.1) is 0 Å². The summed E-state index contributed by atoms with van der Waals surface area (Å²) in [5, 5.41) is 0. The van der Waals surface area contributed by atoms with Gasteiger partial charge in [0.2, 0.25) is 0 Å². The van der Waals surface area contributed by atoms with Crippen molar-refractivity contribution in [3.63, 3.8) is 0 Å². The number of hydrogen-bond donors (Lipinski definition) is 0. The number of rotatable bonds is 3. The van der Waals surface area contributed by atoms with E-state index in [1.165, 1.54) is 11.3 Å². The average molecular weight is 287 g/mol. The van der Waals surface area contributed by atoms with Crippen LogP contribution < -0.4 is 4.90 Å². The van der Waals surface area contributed by atoms with Gasteiger partial charge in [-0.2, -0.15) is 0 Å². The van der Waals surface area contributed by atoms with Gasteiger partial charge in [0.1, 0.15) is 0 Å². The largest absolute Gasteiger partial charge is 0.463 e. The molecule has 3 heteroatoms. The number of carbonyl (C=O) groups is 1. The summed E-state index contributed by atoms with van der Waals surface area (Å²) in [5.41, 5.74) is 4.74. The highest BCUT2D eigenvalue weighted by molar-refractivity contribution is 5.91. The molecule has 0 saturated carbocycles. The number of allylic oxidation sites excluding steroid dienone is 1. The van der Waals surface area contributed by atoms with Gasteiger partial charge < -0.3 is 9.64 Å². The third-order valence-corrected chi connectivity index (χ3v) is 4.77. The van der Waals surface area contributed by atoms with Gasteiger partial charge >= 0.3 is 5.97 Å². The molecule has 1 aromatic rings. The van der Waals surface area contributed by atoms with Crippen LogP contribution in [0.15, 0.2) is 24.3 Å². The molecule has 0 bridgehead atoms. The maximum Gasteiger partial charge on any atom is 0.331 e. The van der Waals surface area contributed by atoms with Gasteiger partial charge in [0.15, 0.2) is 0 Å². The number of carbonyl (C=O) groups excluding carboxylic acids is 1. The lowest BCUT2D eigenvalue weighted by molar-refractivity contribution is -0.137. The number of nitrogens with zero attached hydrogens (tertiary/aromatic N) is 1. The molecule has 0 fully saturated rings. The number of esters is 1. The zero-order valence-electron chi connectivity index (χ0n) is 13.9. The van der Waals surface area contributed by atoms with Gasteiger partial charge in [-0.3, -0.25) is 0 Å². The molecule has 0 aliphatic carbocycles. The maximum atomic E-state index is 11.6. The number of hydrogen-bond acceptors (Lipinski definition) is 3. The van der Waals surface area contributed by atoms with Crippen molar-refractivity contribution in [1.82, 2.24) is 0 Å². The third kappa shape index (κ3) is 2.69. The van der Waals surface area contributed by atoms with E-state index >= 15 is 0 Å².